The molecule has 11 heteroatoms. The molecule has 0 unspecified atom stereocenters. The largest absolute Gasteiger partial charge is 0.433 e. The molecule has 0 radical (unpaired) electrons. The maximum Gasteiger partial charge on any atom is 0.433 e. The quantitative estimate of drug-likeness (QED) is 0.583. The highest BCUT2D eigenvalue weighted by Crippen LogP contribution is 2.32. The van der Waals surface area contributed by atoms with Crippen LogP contribution in [0.5, 0.6) is 0 Å². The number of hydrogen-bond donors (Lipinski definition) is 1. The summed E-state index contributed by atoms with van der Waals surface area (Å²) in [7, 11) is 0. The highest BCUT2D eigenvalue weighted by molar-refractivity contribution is 7.12. The third-order valence-corrected chi connectivity index (χ3v) is 4.97. The number of thiazole rings is 1. The molecule has 0 aliphatic heterocycles. The Morgan fingerprint density at radius 1 is 1.34 bits per heavy atom. The third kappa shape index (κ3) is 4.84. The summed E-state index contributed by atoms with van der Waals surface area (Å²) in [5.74, 6) is 0.857. The van der Waals surface area contributed by atoms with Crippen molar-refractivity contribution in [1.29, 1.82) is 0 Å². The molecule has 3 heterocycles. The number of nitrogens with zero attached hydrogens (tertiary/aromatic N) is 5. The smallest absolute Gasteiger partial charge is 0.351 e. The zero-order valence-electron chi connectivity index (χ0n) is 16.2. The van der Waals surface area contributed by atoms with E-state index in [0.29, 0.717) is 25.4 Å². The molecule has 0 bridgehead atoms. The van der Waals surface area contributed by atoms with E-state index in [4.69, 9.17) is 0 Å². The molecule has 0 saturated heterocycles. The van der Waals surface area contributed by atoms with E-state index in [-0.39, 0.29) is 16.5 Å². The lowest BCUT2D eigenvalue weighted by atomic mass is 10.2. The van der Waals surface area contributed by atoms with Crippen molar-refractivity contribution < 1.29 is 18.0 Å². The summed E-state index contributed by atoms with van der Waals surface area (Å²) >= 11 is 0.933. The van der Waals surface area contributed by atoms with E-state index in [1.165, 1.54) is 12.3 Å². The van der Waals surface area contributed by atoms with Crippen molar-refractivity contribution in [3.8, 4) is 5.13 Å². The maximum atomic E-state index is 13.1. The van der Waals surface area contributed by atoms with Crippen LogP contribution in [0.25, 0.3) is 5.13 Å². The number of amides is 1. The molecule has 156 valence electrons. The van der Waals surface area contributed by atoms with E-state index in [9.17, 15) is 18.0 Å². The van der Waals surface area contributed by atoms with E-state index in [2.05, 4.69) is 34.2 Å². The van der Waals surface area contributed by atoms with Gasteiger partial charge >= 0.3 is 6.18 Å². The van der Waals surface area contributed by atoms with Gasteiger partial charge in [0.1, 0.15) is 11.5 Å². The first-order valence-electron chi connectivity index (χ1n) is 9.06. The normalized spacial score (nSPS) is 12.0. The van der Waals surface area contributed by atoms with Crippen molar-refractivity contribution in [2.75, 3.05) is 6.54 Å². The summed E-state index contributed by atoms with van der Waals surface area (Å²) in [4.78, 5) is 20.6. The fourth-order valence-corrected chi connectivity index (χ4v) is 3.63. The van der Waals surface area contributed by atoms with Crippen LogP contribution in [0.3, 0.4) is 0 Å². The van der Waals surface area contributed by atoms with Crippen molar-refractivity contribution in [3.05, 3.63) is 46.7 Å². The summed E-state index contributed by atoms with van der Waals surface area (Å²) < 4.78 is 42.2. The second-order valence-electron chi connectivity index (χ2n) is 6.84. The molecule has 0 spiro atoms. The Bertz CT molecular complexity index is 988. The molecule has 3 aromatic rings. The number of carbonyl (C=O) groups excluding carboxylic acids is 1. The van der Waals surface area contributed by atoms with Gasteiger partial charge in [-0.05, 0) is 19.4 Å². The Hall–Kier alpha value is -2.69. The molecule has 0 saturated carbocycles. The van der Waals surface area contributed by atoms with Gasteiger partial charge in [0.2, 0.25) is 5.13 Å². The van der Waals surface area contributed by atoms with Crippen LogP contribution >= 0.6 is 11.3 Å². The lowest BCUT2D eigenvalue weighted by Gasteiger charge is -2.10. The molecule has 0 atom stereocenters. The molecule has 0 fully saturated rings. The van der Waals surface area contributed by atoms with Gasteiger partial charge in [-0.1, -0.05) is 13.8 Å². The highest BCUT2D eigenvalue weighted by atomic mass is 32.1. The Morgan fingerprint density at radius 3 is 2.79 bits per heavy atom. The van der Waals surface area contributed by atoms with Crippen LogP contribution in [-0.4, -0.2) is 36.8 Å². The van der Waals surface area contributed by atoms with Gasteiger partial charge in [-0.2, -0.15) is 18.3 Å². The molecule has 29 heavy (non-hydrogen) atoms. The molecular weight excluding hydrogens is 405 g/mol. The first kappa shape index (κ1) is 21.0. The van der Waals surface area contributed by atoms with Gasteiger partial charge in [-0.3, -0.25) is 4.79 Å². The number of alkyl halides is 3. The molecule has 7 nitrogen and oxygen atoms in total. The molecule has 1 amide bonds. The highest BCUT2D eigenvalue weighted by Gasteiger charge is 2.36. The van der Waals surface area contributed by atoms with Crippen LogP contribution in [0, 0.1) is 6.92 Å². The second kappa shape index (κ2) is 8.36. The van der Waals surface area contributed by atoms with Crippen molar-refractivity contribution >= 4 is 17.2 Å². The molecule has 0 aliphatic rings. The second-order valence-corrected chi connectivity index (χ2v) is 7.68. The Kier molecular flexibility index (Phi) is 6.06. The van der Waals surface area contributed by atoms with E-state index in [0.717, 1.165) is 27.9 Å². The van der Waals surface area contributed by atoms with Crippen molar-refractivity contribution in [2.24, 2.45) is 0 Å². The minimum atomic E-state index is -4.56. The molecule has 0 aromatic carbocycles. The van der Waals surface area contributed by atoms with Crippen LogP contribution in [0.15, 0.2) is 23.8 Å². The Balaban J connectivity index is 1.60. The van der Waals surface area contributed by atoms with Gasteiger partial charge in [0.05, 0.1) is 5.69 Å². The van der Waals surface area contributed by atoms with E-state index >= 15 is 0 Å². The molecule has 3 rings (SSSR count). The van der Waals surface area contributed by atoms with E-state index in [1.807, 2.05) is 10.8 Å². The van der Waals surface area contributed by atoms with E-state index < -0.39 is 17.8 Å². The van der Waals surface area contributed by atoms with Crippen molar-refractivity contribution in [1.82, 2.24) is 29.6 Å². The summed E-state index contributed by atoms with van der Waals surface area (Å²) in [6, 6.07) is 0.947. The number of nitrogens with one attached hydrogen (secondary N) is 1. The number of carbonyl (C=O) groups is 1. The monoisotopic (exact) mass is 426 g/mol. The Morgan fingerprint density at radius 2 is 2.10 bits per heavy atom. The van der Waals surface area contributed by atoms with Crippen molar-refractivity contribution in [3.63, 3.8) is 0 Å². The first-order valence-corrected chi connectivity index (χ1v) is 9.93. The van der Waals surface area contributed by atoms with Gasteiger partial charge in [0.15, 0.2) is 5.69 Å². The number of hydrogen-bond acceptors (Lipinski definition) is 5. The van der Waals surface area contributed by atoms with Crippen LogP contribution < -0.4 is 5.32 Å². The minimum Gasteiger partial charge on any atom is -0.351 e. The minimum absolute atomic E-state index is 0.00411. The zero-order valence-corrected chi connectivity index (χ0v) is 17.0. The lowest BCUT2D eigenvalue weighted by Crippen LogP contribution is -2.25. The lowest BCUT2D eigenvalue weighted by molar-refractivity contribution is -0.142. The summed E-state index contributed by atoms with van der Waals surface area (Å²) in [6.07, 6.45) is -0.224. The number of imidazole rings is 1. The van der Waals surface area contributed by atoms with Crippen LogP contribution in [-0.2, 0) is 12.7 Å². The summed E-state index contributed by atoms with van der Waals surface area (Å²) in [5, 5.41) is 8.02. The van der Waals surface area contributed by atoms with Crippen LogP contribution in [0.1, 0.15) is 53.9 Å². The molecule has 0 aliphatic carbocycles. The van der Waals surface area contributed by atoms with Crippen molar-refractivity contribution in [2.45, 2.75) is 45.8 Å². The average molecular weight is 426 g/mol. The van der Waals surface area contributed by atoms with E-state index in [1.54, 1.807) is 6.20 Å². The first-order chi connectivity index (χ1) is 13.7. The Labute approximate surface area is 169 Å². The van der Waals surface area contributed by atoms with Gasteiger partial charge in [-0.15, -0.1) is 11.3 Å². The molecular formula is C18H21F3N6OS. The zero-order chi connectivity index (χ0) is 21.2. The number of aryl methyl sites for hydroxylation is 2. The van der Waals surface area contributed by atoms with Gasteiger partial charge in [0.25, 0.3) is 5.91 Å². The number of rotatable bonds is 7. The SMILES string of the molecule is Cc1cc(C(F)(F)F)n(-c2nc(C(=O)NCCCn3ccnc3C(C)C)cs2)n1. The third-order valence-electron chi connectivity index (χ3n) is 4.15. The van der Waals surface area contributed by atoms with Gasteiger partial charge in [-0.25, -0.2) is 14.6 Å². The summed E-state index contributed by atoms with van der Waals surface area (Å²) in [5.41, 5.74) is -0.631. The number of halogens is 3. The molecule has 1 N–H and O–H groups in total. The maximum absolute atomic E-state index is 13.1. The fourth-order valence-electron chi connectivity index (χ4n) is 2.87. The van der Waals surface area contributed by atoms with Crippen LogP contribution in [0.2, 0.25) is 0 Å². The molecule has 3 aromatic heterocycles. The average Bonchev–Trinajstić information content (AvgIpc) is 3.36. The van der Waals surface area contributed by atoms with Crippen LogP contribution in [0.4, 0.5) is 13.2 Å². The summed E-state index contributed by atoms with van der Waals surface area (Å²) in [6.45, 7) is 6.71. The standard InChI is InChI=1S/C18H21F3N6OS/c1-11(2)15-22-6-8-26(15)7-4-5-23-16(28)13-10-29-17(24-13)27-14(18(19,20)21)9-12(3)25-27/h6,8-11H,4-5,7H2,1-3H3,(H,23,28). The van der Waals surface area contributed by atoms with Gasteiger partial charge < -0.3 is 9.88 Å². The topological polar surface area (TPSA) is 77.6 Å². The fraction of sp³-hybridized carbons (Fsp3) is 0.444. The predicted octanol–water partition coefficient (Wildman–Crippen LogP) is 3.80. The predicted molar refractivity (Wildman–Crippen MR) is 102 cm³/mol. The number of aromatic nitrogens is 5. The van der Waals surface area contributed by atoms with Gasteiger partial charge in [0, 0.05) is 36.8 Å².